The van der Waals surface area contributed by atoms with Gasteiger partial charge in [-0.15, -0.1) is 0 Å². The third kappa shape index (κ3) is 4.40. The van der Waals surface area contributed by atoms with Gasteiger partial charge in [0.15, 0.2) is 0 Å². The molecule has 2 aromatic heterocycles. The van der Waals surface area contributed by atoms with Gasteiger partial charge in [0.1, 0.15) is 5.82 Å². The van der Waals surface area contributed by atoms with E-state index in [0.29, 0.717) is 24.3 Å². The number of nitrogens with zero attached hydrogens (tertiary/aromatic N) is 4. The van der Waals surface area contributed by atoms with Crippen LogP contribution in [0.2, 0.25) is 0 Å². The van der Waals surface area contributed by atoms with Crippen LogP contribution >= 0.6 is 0 Å². The molecular weight excluding hydrogens is 417 g/mol. The maximum absolute atomic E-state index is 13.5. The SMILES string of the molecule is Cc1cc(CCC(=O)N2CC(Cn3ncc4cc(-c5cn[nH]c5)ccc43)C[C@H]2C)ccc1F. The van der Waals surface area contributed by atoms with E-state index >= 15 is 0 Å². The Hall–Kier alpha value is -3.48. The average Bonchev–Trinajstić information content (AvgIpc) is 3.55. The van der Waals surface area contributed by atoms with Crippen LogP contribution in [-0.4, -0.2) is 43.4 Å². The summed E-state index contributed by atoms with van der Waals surface area (Å²) in [6.45, 7) is 5.42. The fourth-order valence-corrected chi connectivity index (χ4v) is 4.94. The molecule has 1 amide bonds. The van der Waals surface area contributed by atoms with Crippen LogP contribution in [0.25, 0.3) is 22.0 Å². The molecule has 1 saturated heterocycles. The molecule has 1 fully saturated rings. The van der Waals surface area contributed by atoms with Crippen LogP contribution in [0.4, 0.5) is 4.39 Å². The molecular formula is C26H28FN5O. The second-order valence-corrected chi connectivity index (χ2v) is 9.17. The Balaban J connectivity index is 1.22. The van der Waals surface area contributed by atoms with Gasteiger partial charge in [-0.1, -0.05) is 18.2 Å². The molecule has 1 aliphatic rings. The van der Waals surface area contributed by atoms with Crippen molar-refractivity contribution in [3.8, 4) is 11.1 Å². The van der Waals surface area contributed by atoms with Gasteiger partial charge in [0.2, 0.25) is 5.91 Å². The molecule has 1 unspecified atom stereocenters. The highest BCUT2D eigenvalue weighted by Gasteiger charge is 2.32. The van der Waals surface area contributed by atoms with E-state index in [2.05, 4.69) is 45.1 Å². The number of carbonyl (C=O) groups is 1. The maximum Gasteiger partial charge on any atom is 0.223 e. The lowest BCUT2D eigenvalue weighted by Crippen LogP contribution is -2.34. The van der Waals surface area contributed by atoms with E-state index in [1.165, 1.54) is 6.07 Å². The summed E-state index contributed by atoms with van der Waals surface area (Å²) >= 11 is 0. The van der Waals surface area contributed by atoms with Crippen molar-refractivity contribution in [2.24, 2.45) is 5.92 Å². The fraction of sp³-hybridized carbons (Fsp3) is 0.346. The molecule has 2 atom stereocenters. The predicted octanol–water partition coefficient (Wildman–Crippen LogP) is 4.74. The molecule has 6 nitrogen and oxygen atoms in total. The van der Waals surface area contributed by atoms with Crippen molar-refractivity contribution in [1.82, 2.24) is 24.9 Å². The van der Waals surface area contributed by atoms with Crippen molar-refractivity contribution >= 4 is 16.8 Å². The maximum atomic E-state index is 13.5. The third-order valence-corrected chi connectivity index (χ3v) is 6.74. The zero-order chi connectivity index (χ0) is 22.9. The van der Waals surface area contributed by atoms with E-state index in [1.807, 2.05) is 29.6 Å². The van der Waals surface area contributed by atoms with E-state index in [0.717, 1.165) is 47.1 Å². The van der Waals surface area contributed by atoms with Gasteiger partial charge >= 0.3 is 0 Å². The molecule has 7 heteroatoms. The minimum atomic E-state index is -0.204. The number of aromatic nitrogens is 4. The number of benzene rings is 2. The number of carbonyl (C=O) groups excluding carboxylic acids is 1. The molecule has 1 N–H and O–H groups in total. The van der Waals surface area contributed by atoms with Gasteiger partial charge in [0, 0.05) is 42.7 Å². The molecule has 170 valence electrons. The van der Waals surface area contributed by atoms with Crippen LogP contribution in [-0.2, 0) is 17.8 Å². The molecule has 0 aliphatic carbocycles. The van der Waals surface area contributed by atoms with Crippen LogP contribution in [0.1, 0.15) is 30.9 Å². The fourth-order valence-electron chi connectivity index (χ4n) is 4.94. The summed E-state index contributed by atoms with van der Waals surface area (Å²) in [5.41, 5.74) is 4.89. The lowest BCUT2D eigenvalue weighted by molar-refractivity contribution is -0.131. The van der Waals surface area contributed by atoms with Crippen molar-refractivity contribution in [1.29, 1.82) is 0 Å². The summed E-state index contributed by atoms with van der Waals surface area (Å²) in [4.78, 5) is 14.9. The first-order valence-electron chi connectivity index (χ1n) is 11.5. The molecule has 4 aromatic rings. The van der Waals surface area contributed by atoms with E-state index in [4.69, 9.17) is 0 Å². The normalized spacial score (nSPS) is 18.3. The number of fused-ring (bicyclic) bond motifs is 1. The number of nitrogens with one attached hydrogen (secondary N) is 1. The number of aryl methyl sites for hydroxylation is 2. The number of amides is 1. The average molecular weight is 446 g/mol. The molecule has 0 spiro atoms. The Bertz CT molecular complexity index is 1280. The zero-order valence-electron chi connectivity index (χ0n) is 19.0. The van der Waals surface area contributed by atoms with Crippen molar-refractivity contribution in [3.63, 3.8) is 0 Å². The summed E-state index contributed by atoms with van der Waals surface area (Å²) in [6.07, 6.45) is 7.66. The first kappa shape index (κ1) is 21.4. The van der Waals surface area contributed by atoms with E-state index in [1.54, 1.807) is 13.0 Å². The first-order chi connectivity index (χ1) is 16.0. The summed E-state index contributed by atoms with van der Waals surface area (Å²) in [5.74, 6) is 0.334. The van der Waals surface area contributed by atoms with Gasteiger partial charge in [-0.3, -0.25) is 14.6 Å². The van der Waals surface area contributed by atoms with Gasteiger partial charge in [-0.2, -0.15) is 10.2 Å². The molecule has 0 bridgehead atoms. The Morgan fingerprint density at radius 1 is 1.18 bits per heavy atom. The first-order valence-corrected chi connectivity index (χ1v) is 11.5. The highest BCUT2D eigenvalue weighted by Crippen LogP contribution is 2.28. The molecule has 0 radical (unpaired) electrons. The molecule has 0 saturated carbocycles. The second-order valence-electron chi connectivity index (χ2n) is 9.17. The Kier molecular flexibility index (Phi) is 5.70. The van der Waals surface area contributed by atoms with Gasteiger partial charge in [0.25, 0.3) is 0 Å². The summed E-state index contributed by atoms with van der Waals surface area (Å²) in [7, 11) is 0. The standard InChI is InChI=1S/C26H28FN5O/c1-17-9-19(3-6-24(17)27)4-8-26(33)31-15-20(10-18(31)2)16-32-25-7-5-21(11-22(25)14-30-32)23-12-28-29-13-23/h3,5-7,9,11-14,18,20H,4,8,10,15-16H2,1-2H3,(H,28,29)/t18-,20?/m1/s1. The van der Waals surface area contributed by atoms with Crippen molar-refractivity contribution in [2.75, 3.05) is 6.54 Å². The van der Waals surface area contributed by atoms with Crippen LogP contribution in [0.3, 0.4) is 0 Å². The Labute approximate surface area is 192 Å². The number of halogens is 1. The van der Waals surface area contributed by atoms with Crippen LogP contribution < -0.4 is 0 Å². The van der Waals surface area contributed by atoms with Crippen molar-refractivity contribution in [3.05, 3.63) is 71.9 Å². The quantitative estimate of drug-likeness (QED) is 0.466. The number of likely N-dealkylation sites (tertiary alicyclic amines) is 1. The smallest absolute Gasteiger partial charge is 0.223 e. The third-order valence-electron chi connectivity index (χ3n) is 6.74. The second kappa shape index (κ2) is 8.81. The highest BCUT2D eigenvalue weighted by molar-refractivity contribution is 5.84. The number of rotatable bonds is 6. The lowest BCUT2D eigenvalue weighted by Gasteiger charge is -2.21. The minimum absolute atomic E-state index is 0.169. The topological polar surface area (TPSA) is 66.8 Å². The van der Waals surface area contributed by atoms with Gasteiger partial charge in [-0.05, 0) is 67.5 Å². The Morgan fingerprint density at radius 2 is 2.06 bits per heavy atom. The molecule has 3 heterocycles. The highest BCUT2D eigenvalue weighted by atomic mass is 19.1. The molecule has 2 aromatic carbocycles. The molecule has 5 rings (SSSR count). The minimum Gasteiger partial charge on any atom is -0.340 e. The predicted molar refractivity (Wildman–Crippen MR) is 126 cm³/mol. The Morgan fingerprint density at radius 3 is 2.85 bits per heavy atom. The monoisotopic (exact) mass is 445 g/mol. The number of hydrogen-bond donors (Lipinski definition) is 1. The number of aromatic amines is 1. The van der Waals surface area contributed by atoms with Crippen LogP contribution in [0.15, 0.2) is 55.0 Å². The zero-order valence-corrected chi connectivity index (χ0v) is 19.0. The van der Waals surface area contributed by atoms with Crippen molar-refractivity contribution < 1.29 is 9.18 Å². The van der Waals surface area contributed by atoms with Crippen LogP contribution in [0.5, 0.6) is 0 Å². The largest absolute Gasteiger partial charge is 0.340 e. The lowest BCUT2D eigenvalue weighted by atomic mass is 10.1. The van der Waals surface area contributed by atoms with Gasteiger partial charge in [0.05, 0.1) is 17.9 Å². The summed E-state index contributed by atoms with van der Waals surface area (Å²) < 4.78 is 15.5. The molecule has 33 heavy (non-hydrogen) atoms. The van der Waals surface area contributed by atoms with Crippen molar-refractivity contribution in [2.45, 2.75) is 45.7 Å². The number of hydrogen-bond acceptors (Lipinski definition) is 3. The number of H-pyrrole nitrogens is 1. The summed E-state index contributed by atoms with van der Waals surface area (Å²) in [6, 6.07) is 11.6. The van der Waals surface area contributed by atoms with Crippen LogP contribution in [0, 0.1) is 18.7 Å². The summed E-state index contributed by atoms with van der Waals surface area (Å²) in [5, 5.41) is 12.6. The molecule has 1 aliphatic heterocycles. The van der Waals surface area contributed by atoms with E-state index in [9.17, 15) is 9.18 Å². The van der Waals surface area contributed by atoms with Gasteiger partial charge in [-0.25, -0.2) is 4.39 Å². The van der Waals surface area contributed by atoms with E-state index < -0.39 is 0 Å². The van der Waals surface area contributed by atoms with E-state index in [-0.39, 0.29) is 17.8 Å². The van der Waals surface area contributed by atoms with Gasteiger partial charge < -0.3 is 4.90 Å².